The van der Waals surface area contributed by atoms with Crippen molar-refractivity contribution in [2.45, 2.75) is 13.3 Å². The van der Waals surface area contributed by atoms with Crippen LogP contribution in [0.5, 0.6) is 5.88 Å². The number of methoxy groups -OCH3 is 1. The van der Waals surface area contributed by atoms with Crippen molar-refractivity contribution in [3.05, 3.63) is 47.1 Å². The summed E-state index contributed by atoms with van der Waals surface area (Å²) < 4.78 is 20.0. The van der Waals surface area contributed by atoms with E-state index in [1.807, 2.05) is 6.92 Å². The topological polar surface area (TPSA) is 90.1 Å². The van der Waals surface area contributed by atoms with Gasteiger partial charge >= 0.3 is 0 Å². The van der Waals surface area contributed by atoms with Crippen LogP contribution in [-0.4, -0.2) is 29.5 Å². The Morgan fingerprint density at radius 3 is 2.78 bits per heavy atom. The molecule has 140 valence electrons. The number of ether oxygens (including phenoxy) is 1. The van der Waals surface area contributed by atoms with Gasteiger partial charge in [0.1, 0.15) is 11.0 Å². The largest absolute Gasteiger partial charge is 0.481 e. The average Bonchev–Trinajstić information content (AvgIpc) is 2.66. The van der Waals surface area contributed by atoms with Crippen LogP contribution in [0.15, 0.2) is 30.5 Å². The van der Waals surface area contributed by atoms with E-state index in [4.69, 9.17) is 22.1 Å². The molecular weight excluding hydrogens is 371 g/mol. The van der Waals surface area contributed by atoms with Crippen LogP contribution >= 0.6 is 11.6 Å². The Bertz CT molecular complexity index is 1030. The number of nitrogen functional groups attached to an aromatic ring is 1. The van der Waals surface area contributed by atoms with Crippen molar-refractivity contribution < 1.29 is 13.9 Å². The SMILES string of the molecule is CCCNC(=O)c1ncc2c(-c3ccc(Cl)nc3OC)c(F)ccc2c1N. The van der Waals surface area contributed by atoms with Crippen molar-refractivity contribution in [3.8, 4) is 17.0 Å². The molecule has 27 heavy (non-hydrogen) atoms. The second-order valence-corrected chi connectivity index (χ2v) is 6.24. The number of pyridine rings is 2. The number of benzene rings is 1. The summed E-state index contributed by atoms with van der Waals surface area (Å²) in [7, 11) is 1.42. The van der Waals surface area contributed by atoms with Crippen molar-refractivity contribution in [2.24, 2.45) is 0 Å². The number of aromatic nitrogens is 2. The number of carbonyl (C=O) groups is 1. The lowest BCUT2D eigenvalue weighted by Crippen LogP contribution is -2.26. The van der Waals surface area contributed by atoms with Crippen LogP contribution in [0.4, 0.5) is 10.1 Å². The normalized spacial score (nSPS) is 10.8. The summed E-state index contributed by atoms with van der Waals surface area (Å²) in [6.07, 6.45) is 2.22. The summed E-state index contributed by atoms with van der Waals surface area (Å²) in [5.41, 5.74) is 7.10. The molecule has 3 N–H and O–H groups in total. The summed E-state index contributed by atoms with van der Waals surface area (Å²) in [5, 5.41) is 3.92. The smallest absolute Gasteiger partial charge is 0.272 e. The minimum Gasteiger partial charge on any atom is -0.481 e. The molecule has 0 radical (unpaired) electrons. The fourth-order valence-corrected chi connectivity index (χ4v) is 2.97. The summed E-state index contributed by atoms with van der Waals surface area (Å²) in [5.74, 6) is -0.681. The number of carbonyl (C=O) groups excluding carboxylic acids is 1. The number of fused-ring (bicyclic) bond motifs is 1. The number of hydrogen-bond acceptors (Lipinski definition) is 5. The first-order chi connectivity index (χ1) is 13.0. The Labute approximate surface area is 160 Å². The minimum atomic E-state index is -0.491. The number of nitrogens with one attached hydrogen (secondary N) is 1. The molecule has 0 saturated heterocycles. The number of nitrogens with zero attached hydrogens (tertiary/aromatic N) is 2. The molecule has 8 heteroatoms. The molecule has 0 aliphatic rings. The first-order valence-electron chi connectivity index (χ1n) is 8.33. The van der Waals surface area contributed by atoms with Gasteiger partial charge in [-0.1, -0.05) is 18.5 Å². The predicted molar refractivity (Wildman–Crippen MR) is 104 cm³/mol. The second kappa shape index (κ2) is 7.75. The van der Waals surface area contributed by atoms with Gasteiger partial charge in [0, 0.05) is 34.6 Å². The number of amides is 1. The van der Waals surface area contributed by atoms with Gasteiger partial charge in [-0.25, -0.2) is 14.4 Å². The molecule has 2 heterocycles. The second-order valence-electron chi connectivity index (χ2n) is 5.85. The zero-order chi connectivity index (χ0) is 19.6. The van der Waals surface area contributed by atoms with Gasteiger partial charge in [-0.05, 0) is 30.7 Å². The van der Waals surface area contributed by atoms with Crippen LogP contribution in [0, 0.1) is 5.82 Å². The van der Waals surface area contributed by atoms with Gasteiger partial charge in [-0.15, -0.1) is 0 Å². The van der Waals surface area contributed by atoms with E-state index >= 15 is 0 Å². The van der Waals surface area contributed by atoms with Gasteiger partial charge in [0.2, 0.25) is 5.88 Å². The lowest BCUT2D eigenvalue weighted by atomic mass is 9.98. The van der Waals surface area contributed by atoms with Crippen molar-refractivity contribution in [1.29, 1.82) is 0 Å². The van der Waals surface area contributed by atoms with Crippen molar-refractivity contribution in [1.82, 2.24) is 15.3 Å². The zero-order valence-electron chi connectivity index (χ0n) is 14.8. The van der Waals surface area contributed by atoms with Crippen molar-refractivity contribution in [2.75, 3.05) is 19.4 Å². The number of anilines is 1. The summed E-state index contributed by atoms with van der Waals surface area (Å²) in [6.45, 7) is 2.46. The molecule has 0 unspecified atom stereocenters. The molecule has 1 aromatic carbocycles. The third kappa shape index (κ3) is 3.50. The molecule has 6 nitrogen and oxygen atoms in total. The number of rotatable bonds is 5. The Hall–Kier alpha value is -2.93. The maximum absolute atomic E-state index is 14.7. The monoisotopic (exact) mass is 388 g/mol. The summed E-state index contributed by atoms with van der Waals surface area (Å²) in [4.78, 5) is 20.5. The van der Waals surface area contributed by atoms with Gasteiger partial charge < -0.3 is 15.8 Å². The van der Waals surface area contributed by atoms with Crippen LogP contribution in [0.3, 0.4) is 0 Å². The number of hydrogen-bond donors (Lipinski definition) is 2. The lowest BCUT2D eigenvalue weighted by molar-refractivity contribution is 0.0950. The van der Waals surface area contributed by atoms with Gasteiger partial charge in [-0.3, -0.25) is 4.79 Å². The Morgan fingerprint density at radius 1 is 1.30 bits per heavy atom. The third-order valence-electron chi connectivity index (χ3n) is 4.10. The maximum Gasteiger partial charge on any atom is 0.272 e. The molecule has 3 aromatic rings. The standard InChI is InChI=1S/C19H18ClFN4O2/c1-3-8-23-18(26)17-16(22)10-4-6-13(21)15(12(10)9-24-17)11-5-7-14(20)25-19(11)27-2/h4-7,9H,3,8,22H2,1-2H3,(H,23,26). The highest BCUT2D eigenvalue weighted by atomic mass is 35.5. The maximum atomic E-state index is 14.7. The van der Waals surface area contributed by atoms with E-state index in [-0.39, 0.29) is 33.9 Å². The molecule has 0 saturated carbocycles. The van der Waals surface area contributed by atoms with Crippen LogP contribution < -0.4 is 15.8 Å². The third-order valence-corrected chi connectivity index (χ3v) is 4.31. The van der Waals surface area contributed by atoms with E-state index in [0.717, 1.165) is 6.42 Å². The van der Waals surface area contributed by atoms with Crippen LogP contribution in [0.1, 0.15) is 23.8 Å². The molecule has 0 spiro atoms. The summed E-state index contributed by atoms with van der Waals surface area (Å²) in [6, 6.07) is 5.97. The van der Waals surface area contributed by atoms with Crippen molar-refractivity contribution >= 4 is 34.0 Å². The predicted octanol–water partition coefficient (Wildman–Crippen LogP) is 3.82. The highest BCUT2D eigenvalue weighted by Gasteiger charge is 2.20. The molecule has 0 bridgehead atoms. The first-order valence-corrected chi connectivity index (χ1v) is 8.71. The zero-order valence-corrected chi connectivity index (χ0v) is 15.6. The van der Waals surface area contributed by atoms with E-state index in [2.05, 4.69) is 15.3 Å². The van der Waals surface area contributed by atoms with Crippen molar-refractivity contribution in [3.63, 3.8) is 0 Å². The lowest BCUT2D eigenvalue weighted by Gasteiger charge is -2.14. The van der Waals surface area contributed by atoms with Crippen LogP contribution in [0.2, 0.25) is 5.15 Å². The molecule has 0 aliphatic heterocycles. The Morgan fingerprint density at radius 2 is 2.07 bits per heavy atom. The number of halogens is 2. The number of nitrogens with two attached hydrogens (primary N) is 1. The van der Waals surface area contributed by atoms with E-state index in [0.29, 0.717) is 22.9 Å². The fraction of sp³-hybridized carbons (Fsp3) is 0.211. The molecule has 3 rings (SSSR count). The van der Waals surface area contributed by atoms with Gasteiger partial charge in [-0.2, -0.15) is 0 Å². The minimum absolute atomic E-state index is 0.106. The van der Waals surface area contributed by atoms with Gasteiger partial charge in [0.25, 0.3) is 5.91 Å². The van der Waals surface area contributed by atoms with Crippen LogP contribution in [-0.2, 0) is 0 Å². The molecule has 0 fully saturated rings. The van der Waals surface area contributed by atoms with E-state index < -0.39 is 5.82 Å². The van der Waals surface area contributed by atoms with Gasteiger partial charge in [0.05, 0.1) is 12.8 Å². The molecule has 1 amide bonds. The molecule has 0 aliphatic carbocycles. The van der Waals surface area contributed by atoms with Gasteiger partial charge in [0.15, 0.2) is 5.69 Å². The molecule has 2 aromatic heterocycles. The quantitative estimate of drug-likeness (QED) is 0.648. The van der Waals surface area contributed by atoms with E-state index in [1.165, 1.54) is 25.4 Å². The molecule has 0 atom stereocenters. The summed E-state index contributed by atoms with van der Waals surface area (Å²) >= 11 is 5.90. The Kier molecular flexibility index (Phi) is 5.41. The van der Waals surface area contributed by atoms with E-state index in [1.54, 1.807) is 12.1 Å². The Balaban J connectivity index is 2.22. The fourth-order valence-electron chi connectivity index (χ4n) is 2.83. The average molecular weight is 389 g/mol. The van der Waals surface area contributed by atoms with Crippen LogP contribution in [0.25, 0.3) is 21.9 Å². The highest BCUT2D eigenvalue weighted by Crippen LogP contribution is 2.38. The first kappa shape index (κ1) is 18.8. The van der Waals surface area contributed by atoms with E-state index in [9.17, 15) is 9.18 Å². The highest BCUT2D eigenvalue weighted by molar-refractivity contribution is 6.29. The molecular formula is C19H18ClFN4O2.